The van der Waals surface area contributed by atoms with E-state index in [4.69, 9.17) is 0 Å². The zero-order chi connectivity index (χ0) is 16.0. The average molecular weight is 295 g/mol. The lowest BCUT2D eigenvalue weighted by Crippen LogP contribution is -2.40. The summed E-state index contributed by atoms with van der Waals surface area (Å²) in [7, 11) is 0. The van der Waals surface area contributed by atoms with Crippen molar-refractivity contribution < 1.29 is 9.90 Å². The predicted molar refractivity (Wildman–Crippen MR) is 84.1 cm³/mol. The summed E-state index contributed by atoms with van der Waals surface area (Å²) in [6.45, 7) is 10.7. The monoisotopic (exact) mass is 295 g/mol. The van der Waals surface area contributed by atoms with E-state index in [0.717, 1.165) is 24.2 Å². The van der Waals surface area contributed by atoms with Gasteiger partial charge in [-0.25, -0.2) is 0 Å². The molecular formula is C16H29N3O2. The van der Waals surface area contributed by atoms with Crippen molar-refractivity contribution in [1.82, 2.24) is 15.1 Å². The lowest BCUT2D eigenvalue weighted by atomic mass is 9.79. The number of nitrogens with one attached hydrogen (secondary N) is 1. The number of carbonyl (C=O) groups is 1. The number of aryl methyl sites for hydroxylation is 2. The molecule has 1 heterocycles. The van der Waals surface area contributed by atoms with Crippen molar-refractivity contribution in [1.29, 1.82) is 0 Å². The lowest BCUT2D eigenvalue weighted by molar-refractivity contribution is -0.124. The second-order valence-electron chi connectivity index (χ2n) is 5.95. The molecule has 120 valence electrons. The molecule has 21 heavy (non-hydrogen) atoms. The molecule has 0 aliphatic heterocycles. The minimum Gasteiger partial charge on any atom is -0.396 e. The van der Waals surface area contributed by atoms with Gasteiger partial charge >= 0.3 is 0 Å². The summed E-state index contributed by atoms with van der Waals surface area (Å²) in [6, 6.07) is 1.65. The smallest absolute Gasteiger partial charge is 0.244 e. The van der Waals surface area contributed by atoms with Crippen LogP contribution in [0.3, 0.4) is 0 Å². The number of aromatic nitrogens is 2. The number of aliphatic hydroxyl groups excluding tert-OH is 1. The quantitative estimate of drug-likeness (QED) is 0.773. The van der Waals surface area contributed by atoms with Gasteiger partial charge in [0.2, 0.25) is 5.91 Å². The Labute approximate surface area is 127 Å². The van der Waals surface area contributed by atoms with Gasteiger partial charge in [0.15, 0.2) is 0 Å². The highest BCUT2D eigenvalue weighted by molar-refractivity contribution is 5.79. The number of hydrogen-bond acceptors (Lipinski definition) is 3. The van der Waals surface area contributed by atoms with E-state index in [1.807, 2.05) is 26.8 Å². The van der Waals surface area contributed by atoms with Crippen molar-refractivity contribution in [2.75, 3.05) is 13.2 Å². The first kappa shape index (κ1) is 17.7. The van der Waals surface area contributed by atoms with E-state index in [1.54, 1.807) is 4.68 Å². The molecule has 0 saturated carbocycles. The van der Waals surface area contributed by atoms with E-state index in [0.29, 0.717) is 13.0 Å². The number of carbonyl (C=O) groups excluding carboxylic acids is 1. The molecule has 0 bridgehead atoms. The Morgan fingerprint density at radius 3 is 2.48 bits per heavy atom. The van der Waals surface area contributed by atoms with E-state index in [-0.39, 0.29) is 24.0 Å². The molecule has 0 fully saturated rings. The van der Waals surface area contributed by atoms with Crippen LogP contribution in [0, 0.1) is 19.3 Å². The first-order valence-corrected chi connectivity index (χ1v) is 7.80. The van der Waals surface area contributed by atoms with Gasteiger partial charge in [0.1, 0.15) is 6.04 Å². The van der Waals surface area contributed by atoms with E-state index >= 15 is 0 Å². The van der Waals surface area contributed by atoms with Gasteiger partial charge in [0.25, 0.3) is 0 Å². The Bertz CT molecular complexity index is 464. The minimum atomic E-state index is -0.320. The molecule has 1 aromatic heterocycles. The summed E-state index contributed by atoms with van der Waals surface area (Å²) >= 11 is 0. The summed E-state index contributed by atoms with van der Waals surface area (Å²) in [5.41, 5.74) is 1.89. The van der Waals surface area contributed by atoms with Gasteiger partial charge in [0.05, 0.1) is 5.69 Å². The lowest BCUT2D eigenvalue weighted by Gasteiger charge is -2.31. The molecule has 1 atom stereocenters. The highest BCUT2D eigenvalue weighted by atomic mass is 16.3. The molecule has 0 radical (unpaired) electrons. The van der Waals surface area contributed by atoms with Crippen LogP contribution in [0.2, 0.25) is 0 Å². The van der Waals surface area contributed by atoms with Crippen LogP contribution in [-0.4, -0.2) is 33.9 Å². The average Bonchev–Trinajstić information content (AvgIpc) is 2.81. The van der Waals surface area contributed by atoms with Crippen molar-refractivity contribution in [2.45, 2.75) is 59.9 Å². The molecule has 1 amide bonds. The topological polar surface area (TPSA) is 67.2 Å². The van der Waals surface area contributed by atoms with E-state index in [2.05, 4.69) is 24.3 Å². The Morgan fingerprint density at radius 2 is 2.05 bits per heavy atom. The van der Waals surface area contributed by atoms with Crippen LogP contribution < -0.4 is 5.32 Å². The van der Waals surface area contributed by atoms with E-state index in [1.165, 1.54) is 0 Å². The van der Waals surface area contributed by atoms with Crippen molar-refractivity contribution >= 4 is 5.91 Å². The molecule has 0 saturated heterocycles. The summed E-state index contributed by atoms with van der Waals surface area (Å²) in [5, 5.41) is 16.6. The van der Waals surface area contributed by atoms with Crippen molar-refractivity contribution in [3.8, 4) is 0 Å². The summed E-state index contributed by atoms with van der Waals surface area (Å²) < 4.78 is 1.76. The second kappa shape index (κ2) is 7.59. The third kappa shape index (κ3) is 4.30. The first-order chi connectivity index (χ1) is 9.89. The van der Waals surface area contributed by atoms with Gasteiger partial charge in [-0.15, -0.1) is 0 Å². The number of hydrogen-bond donors (Lipinski definition) is 2. The second-order valence-corrected chi connectivity index (χ2v) is 5.95. The third-order valence-corrected chi connectivity index (χ3v) is 4.57. The Balaban J connectivity index is 2.70. The molecule has 1 rings (SSSR count). The normalized spacial score (nSPS) is 13.2. The fraction of sp³-hybridized carbons (Fsp3) is 0.750. The Morgan fingerprint density at radius 1 is 1.43 bits per heavy atom. The highest BCUT2D eigenvalue weighted by Crippen LogP contribution is 2.29. The molecule has 0 aliphatic rings. The van der Waals surface area contributed by atoms with Crippen molar-refractivity contribution in [3.63, 3.8) is 0 Å². The molecule has 5 heteroatoms. The largest absolute Gasteiger partial charge is 0.396 e. The van der Waals surface area contributed by atoms with E-state index in [9.17, 15) is 9.90 Å². The maximum atomic E-state index is 12.4. The first-order valence-electron chi connectivity index (χ1n) is 7.80. The zero-order valence-electron chi connectivity index (χ0n) is 13.9. The van der Waals surface area contributed by atoms with Gasteiger partial charge in [-0.05, 0) is 51.5 Å². The molecule has 0 aliphatic carbocycles. The summed E-state index contributed by atoms with van der Waals surface area (Å²) in [5.74, 6) is -0.0228. The maximum absolute atomic E-state index is 12.4. The molecule has 1 aromatic rings. The summed E-state index contributed by atoms with van der Waals surface area (Å²) in [4.78, 5) is 12.4. The molecule has 0 spiro atoms. The Hall–Kier alpha value is -1.36. The molecule has 5 nitrogen and oxygen atoms in total. The van der Waals surface area contributed by atoms with Crippen LogP contribution in [0.1, 0.15) is 57.5 Å². The number of aliphatic hydroxyl groups is 1. The van der Waals surface area contributed by atoms with Crippen LogP contribution >= 0.6 is 0 Å². The van der Waals surface area contributed by atoms with Gasteiger partial charge < -0.3 is 10.4 Å². The number of nitrogens with zero attached hydrogens (tertiary/aromatic N) is 2. The number of rotatable bonds is 8. The minimum absolute atomic E-state index is 0.0147. The predicted octanol–water partition coefficient (Wildman–Crippen LogP) is 2.37. The maximum Gasteiger partial charge on any atom is 0.244 e. The fourth-order valence-electron chi connectivity index (χ4n) is 2.75. The molecular weight excluding hydrogens is 266 g/mol. The molecule has 2 N–H and O–H groups in total. The zero-order valence-corrected chi connectivity index (χ0v) is 13.9. The van der Waals surface area contributed by atoms with Gasteiger partial charge in [-0.1, -0.05) is 13.8 Å². The highest BCUT2D eigenvalue weighted by Gasteiger charge is 2.27. The van der Waals surface area contributed by atoms with Crippen LogP contribution in [0.15, 0.2) is 6.07 Å². The fourth-order valence-corrected chi connectivity index (χ4v) is 2.75. The standard InChI is InChI=1S/C16H29N3O2/c1-6-16(7-2,8-9-20)11-17-15(21)14(5)19-13(4)10-12(3)18-19/h10,14,20H,6-9,11H2,1-5H3,(H,17,21). The van der Waals surface area contributed by atoms with Crippen LogP contribution in [0.25, 0.3) is 0 Å². The number of amides is 1. The van der Waals surface area contributed by atoms with Gasteiger partial charge in [-0.3, -0.25) is 9.48 Å². The van der Waals surface area contributed by atoms with Gasteiger partial charge in [-0.2, -0.15) is 5.10 Å². The van der Waals surface area contributed by atoms with Crippen LogP contribution in [0.4, 0.5) is 0 Å². The third-order valence-electron chi connectivity index (χ3n) is 4.57. The van der Waals surface area contributed by atoms with Crippen molar-refractivity contribution in [3.05, 3.63) is 17.5 Å². The summed E-state index contributed by atoms with van der Waals surface area (Å²) in [6.07, 6.45) is 2.60. The van der Waals surface area contributed by atoms with Crippen molar-refractivity contribution in [2.24, 2.45) is 5.41 Å². The van der Waals surface area contributed by atoms with E-state index < -0.39 is 0 Å². The van der Waals surface area contributed by atoms with Crippen LogP contribution in [-0.2, 0) is 4.79 Å². The SMILES string of the molecule is CCC(CC)(CCO)CNC(=O)C(C)n1nc(C)cc1C. The van der Waals surface area contributed by atoms with Crippen LogP contribution in [0.5, 0.6) is 0 Å². The molecule has 0 aromatic carbocycles. The van der Waals surface area contributed by atoms with Gasteiger partial charge in [0, 0.05) is 18.8 Å². The molecule has 1 unspecified atom stereocenters. The Kier molecular flexibility index (Phi) is 6.40.